The van der Waals surface area contributed by atoms with Crippen LogP contribution in [0.5, 0.6) is 0 Å². The van der Waals surface area contributed by atoms with Gasteiger partial charge >= 0.3 is 0 Å². The van der Waals surface area contributed by atoms with Crippen LogP contribution in [0.15, 0.2) is 17.0 Å². The number of nitrogens with one attached hydrogen (secondary N) is 1. The van der Waals surface area contributed by atoms with Crippen LogP contribution in [0.25, 0.3) is 0 Å². The first-order valence-corrected chi connectivity index (χ1v) is 7.70. The molecule has 0 bridgehead atoms. The SMILES string of the molecule is CCc1ccc(S(=O)(=O)NC(C)(C)C)c(C)c1C. The van der Waals surface area contributed by atoms with Crippen LogP contribution < -0.4 is 4.72 Å². The zero-order valence-electron chi connectivity index (χ0n) is 12.1. The van der Waals surface area contributed by atoms with Crippen molar-refractivity contribution in [1.29, 1.82) is 0 Å². The average Bonchev–Trinajstić information content (AvgIpc) is 2.18. The molecule has 0 radical (unpaired) electrons. The number of rotatable bonds is 3. The molecule has 0 amide bonds. The normalized spacial score (nSPS) is 12.8. The molecular formula is C14H23NO2S. The van der Waals surface area contributed by atoms with Crippen molar-refractivity contribution in [2.45, 2.75) is 58.4 Å². The Morgan fingerprint density at radius 2 is 1.67 bits per heavy atom. The topological polar surface area (TPSA) is 46.2 Å². The van der Waals surface area contributed by atoms with E-state index in [1.165, 1.54) is 5.56 Å². The van der Waals surface area contributed by atoms with Gasteiger partial charge in [-0.2, -0.15) is 0 Å². The summed E-state index contributed by atoms with van der Waals surface area (Å²) in [6.07, 6.45) is 0.916. The summed E-state index contributed by atoms with van der Waals surface area (Å²) < 4.78 is 27.3. The molecule has 102 valence electrons. The summed E-state index contributed by atoms with van der Waals surface area (Å²) in [6, 6.07) is 3.61. The summed E-state index contributed by atoms with van der Waals surface area (Å²) in [5.41, 5.74) is 2.63. The molecule has 0 atom stereocenters. The van der Waals surface area contributed by atoms with Crippen LogP contribution in [0.1, 0.15) is 44.4 Å². The molecule has 0 fully saturated rings. The van der Waals surface area contributed by atoms with Gasteiger partial charge in [0.25, 0.3) is 0 Å². The third-order valence-corrected chi connectivity index (χ3v) is 4.86. The van der Waals surface area contributed by atoms with Gasteiger partial charge in [-0.3, -0.25) is 0 Å². The van der Waals surface area contributed by atoms with Crippen molar-refractivity contribution < 1.29 is 8.42 Å². The molecule has 0 heterocycles. The molecule has 1 aromatic carbocycles. The van der Waals surface area contributed by atoms with Gasteiger partial charge in [-0.15, -0.1) is 0 Å². The first-order chi connectivity index (χ1) is 8.08. The lowest BCUT2D eigenvalue weighted by Gasteiger charge is -2.22. The Labute approximate surface area is 111 Å². The maximum absolute atomic E-state index is 12.3. The van der Waals surface area contributed by atoms with E-state index in [9.17, 15) is 8.42 Å². The number of hydrogen-bond donors (Lipinski definition) is 1. The standard InChI is InChI=1S/C14H23NO2S/c1-7-12-8-9-13(11(3)10(12)2)18(16,17)15-14(4,5)6/h8-9,15H,7H2,1-6H3. The first kappa shape index (κ1) is 15.2. The van der Waals surface area contributed by atoms with Crippen LogP contribution in [-0.2, 0) is 16.4 Å². The molecule has 18 heavy (non-hydrogen) atoms. The molecule has 0 unspecified atom stereocenters. The van der Waals surface area contributed by atoms with Gasteiger partial charge in [0.2, 0.25) is 10.0 Å². The highest BCUT2D eigenvalue weighted by atomic mass is 32.2. The van der Waals surface area contributed by atoms with Gasteiger partial charge in [0, 0.05) is 5.54 Å². The molecule has 1 N–H and O–H groups in total. The highest BCUT2D eigenvalue weighted by molar-refractivity contribution is 7.89. The lowest BCUT2D eigenvalue weighted by atomic mass is 10.0. The minimum Gasteiger partial charge on any atom is -0.207 e. The second-order valence-corrected chi connectivity index (χ2v) is 7.33. The third kappa shape index (κ3) is 3.33. The van der Waals surface area contributed by atoms with E-state index < -0.39 is 15.6 Å². The first-order valence-electron chi connectivity index (χ1n) is 6.21. The minimum absolute atomic E-state index is 0.382. The monoisotopic (exact) mass is 269 g/mol. The molecule has 0 saturated carbocycles. The second kappa shape index (κ2) is 5.02. The van der Waals surface area contributed by atoms with Gasteiger partial charge in [-0.05, 0) is 63.8 Å². The van der Waals surface area contributed by atoms with E-state index in [0.717, 1.165) is 17.5 Å². The molecule has 0 saturated heterocycles. The molecule has 4 heteroatoms. The van der Waals surface area contributed by atoms with E-state index in [1.54, 1.807) is 6.07 Å². The summed E-state index contributed by atoms with van der Waals surface area (Å²) in [4.78, 5) is 0.382. The van der Waals surface area contributed by atoms with E-state index in [0.29, 0.717) is 4.90 Å². The summed E-state index contributed by atoms with van der Waals surface area (Å²) in [5.74, 6) is 0. The fourth-order valence-corrected chi connectivity index (χ4v) is 3.70. The van der Waals surface area contributed by atoms with E-state index in [1.807, 2.05) is 40.7 Å². The van der Waals surface area contributed by atoms with Crippen molar-refractivity contribution in [3.05, 3.63) is 28.8 Å². The van der Waals surface area contributed by atoms with Crippen LogP contribution >= 0.6 is 0 Å². The van der Waals surface area contributed by atoms with Gasteiger partial charge in [0.05, 0.1) is 4.90 Å². The second-order valence-electron chi connectivity index (χ2n) is 5.68. The third-order valence-electron chi connectivity index (χ3n) is 2.96. The fraction of sp³-hybridized carbons (Fsp3) is 0.571. The van der Waals surface area contributed by atoms with E-state index in [4.69, 9.17) is 0 Å². The molecule has 1 rings (SSSR count). The summed E-state index contributed by atoms with van der Waals surface area (Å²) in [5, 5.41) is 0. The van der Waals surface area contributed by atoms with Gasteiger partial charge < -0.3 is 0 Å². The number of aryl methyl sites for hydroxylation is 1. The zero-order valence-corrected chi connectivity index (χ0v) is 12.9. The lowest BCUT2D eigenvalue weighted by Crippen LogP contribution is -2.40. The quantitative estimate of drug-likeness (QED) is 0.917. The van der Waals surface area contributed by atoms with Crippen LogP contribution in [0.4, 0.5) is 0 Å². The van der Waals surface area contributed by atoms with Crippen molar-refractivity contribution in [3.8, 4) is 0 Å². The van der Waals surface area contributed by atoms with Crippen molar-refractivity contribution in [2.75, 3.05) is 0 Å². The van der Waals surface area contributed by atoms with Gasteiger partial charge in [0.15, 0.2) is 0 Å². The Hall–Kier alpha value is -0.870. The minimum atomic E-state index is -3.45. The highest BCUT2D eigenvalue weighted by Crippen LogP contribution is 2.23. The van der Waals surface area contributed by atoms with Crippen LogP contribution in [0.3, 0.4) is 0 Å². The molecule has 0 aromatic heterocycles. The predicted molar refractivity (Wildman–Crippen MR) is 75.4 cm³/mol. The van der Waals surface area contributed by atoms with E-state index in [-0.39, 0.29) is 0 Å². The van der Waals surface area contributed by atoms with Crippen LogP contribution in [0.2, 0.25) is 0 Å². The molecule has 0 aliphatic rings. The Kier molecular flexibility index (Phi) is 4.23. The smallest absolute Gasteiger partial charge is 0.207 e. The molecule has 1 aromatic rings. The fourth-order valence-electron chi connectivity index (χ4n) is 1.98. The van der Waals surface area contributed by atoms with Gasteiger partial charge in [0.1, 0.15) is 0 Å². The number of benzene rings is 1. The molecular weight excluding hydrogens is 246 g/mol. The maximum atomic E-state index is 12.3. The Morgan fingerprint density at radius 1 is 1.11 bits per heavy atom. The van der Waals surface area contributed by atoms with E-state index >= 15 is 0 Å². The van der Waals surface area contributed by atoms with Gasteiger partial charge in [-0.1, -0.05) is 13.0 Å². The molecule has 0 aliphatic carbocycles. The van der Waals surface area contributed by atoms with Crippen molar-refractivity contribution in [2.24, 2.45) is 0 Å². The predicted octanol–water partition coefficient (Wildman–Crippen LogP) is 2.94. The van der Waals surface area contributed by atoms with Crippen LogP contribution in [0, 0.1) is 13.8 Å². The summed E-state index contributed by atoms with van der Waals surface area (Å²) >= 11 is 0. The maximum Gasteiger partial charge on any atom is 0.241 e. The Balaban J connectivity index is 3.31. The Morgan fingerprint density at radius 3 is 2.11 bits per heavy atom. The van der Waals surface area contributed by atoms with Crippen LogP contribution in [-0.4, -0.2) is 14.0 Å². The summed E-state index contributed by atoms with van der Waals surface area (Å²) in [6.45, 7) is 11.4. The van der Waals surface area contributed by atoms with Gasteiger partial charge in [-0.25, -0.2) is 13.1 Å². The average molecular weight is 269 g/mol. The van der Waals surface area contributed by atoms with Crippen molar-refractivity contribution in [1.82, 2.24) is 4.72 Å². The Bertz CT molecular complexity index is 540. The van der Waals surface area contributed by atoms with Crippen molar-refractivity contribution in [3.63, 3.8) is 0 Å². The summed E-state index contributed by atoms with van der Waals surface area (Å²) in [7, 11) is -3.45. The largest absolute Gasteiger partial charge is 0.241 e. The van der Waals surface area contributed by atoms with Crippen molar-refractivity contribution >= 4 is 10.0 Å². The number of sulfonamides is 1. The van der Waals surface area contributed by atoms with E-state index in [2.05, 4.69) is 11.6 Å². The molecule has 0 aliphatic heterocycles. The zero-order chi connectivity index (χ0) is 14.1. The number of hydrogen-bond acceptors (Lipinski definition) is 2. The molecule has 3 nitrogen and oxygen atoms in total. The molecule has 0 spiro atoms. The lowest BCUT2D eigenvalue weighted by molar-refractivity contribution is 0.491. The highest BCUT2D eigenvalue weighted by Gasteiger charge is 2.24.